The molecule has 4 rings (SSSR count). The van der Waals surface area contributed by atoms with Crippen LogP contribution in [-0.4, -0.2) is 64.2 Å². The van der Waals surface area contributed by atoms with Gasteiger partial charge in [0.2, 0.25) is 23.6 Å². The molecule has 0 aliphatic heterocycles. The van der Waals surface area contributed by atoms with Gasteiger partial charge in [0, 0.05) is 37.7 Å². The summed E-state index contributed by atoms with van der Waals surface area (Å²) in [7, 11) is 0. The van der Waals surface area contributed by atoms with Gasteiger partial charge in [-0.3, -0.25) is 24.2 Å². The number of aryl methyl sites for hydroxylation is 1. The standard InChI is InChI=1S/C37H45N9O4/c38-34(48)30(14-8-20-42-37(39)40)45-35(49)31(21-26-16-18-28(19-17-26)27-12-5-2-6-13-27)46-36(50)32(22-29-23-41-24-43-29)44-33(47)15-7-11-25-9-3-1-4-10-25/h1-6,9-10,12-13,16-19,23-24,30-32H,7-8,11,14-15,20-22H2,(H2,38,48)(H,41,43)(H,44,47)(H,45,49)(H,46,50)(H4,39,40,42)/t30-,31+,32-/m0/s1. The summed E-state index contributed by atoms with van der Waals surface area (Å²) in [5.74, 6) is -2.29. The average molecular weight is 680 g/mol. The van der Waals surface area contributed by atoms with Crippen molar-refractivity contribution < 1.29 is 19.2 Å². The van der Waals surface area contributed by atoms with E-state index in [1.807, 2.05) is 84.9 Å². The predicted octanol–water partition coefficient (Wildman–Crippen LogP) is 1.88. The first-order chi connectivity index (χ1) is 24.2. The number of nitrogens with one attached hydrogen (secondary N) is 4. The molecule has 262 valence electrons. The number of rotatable bonds is 19. The summed E-state index contributed by atoms with van der Waals surface area (Å²) in [6.07, 6.45) is 5.36. The first-order valence-electron chi connectivity index (χ1n) is 16.6. The third-order valence-electron chi connectivity index (χ3n) is 8.08. The zero-order chi connectivity index (χ0) is 35.7. The predicted molar refractivity (Wildman–Crippen MR) is 192 cm³/mol. The number of H-pyrrole nitrogens is 1. The number of aromatic amines is 1. The van der Waals surface area contributed by atoms with Gasteiger partial charge in [0.15, 0.2) is 5.96 Å². The van der Waals surface area contributed by atoms with Crippen LogP contribution < -0.4 is 33.2 Å². The largest absolute Gasteiger partial charge is 0.370 e. The summed E-state index contributed by atoms with van der Waals surface area (Å²) in [6.45, 7) is 0.246. The Bertz CT molecular complexity index is 1690. The van der Waals surface area contributed by atoms with Crippen molar-refractivity contribution in [2.45, 2.75) is 63.1 Å². The van der Waals surface area contributed by atoms with Gasteiger partial charge in [0.1, 0.15) is 18.1 Å². The number of primary amides is 1. The molecule has 0 spiro atoms. The molecule has 0 aliphatic rings. The van der Waals surface area contributed by atoms with Gasteiger partial charge in [0.25, 0.3) is 0 Å². The summed E-state index contributed by atoms with van der Waals surface area (Å²) >= 11 is 0. The van der Waals surface area contributed by atoms with Gasteiger partial charge in [-0.25, -0.2) is 4.98 Å². The van der Waals surface area contributed by atoms with E-state index in [1.54, 1.807) is 6.20 Å². The number of nitrogens with two attached hydrogens (primary N) is 3. The van der Waals surface area contributed by atoms with Crippen LogP contribution in [-0.2, 0) is 38.4 Å². The van der Waals surface area contributed by atoms with E-state index in [4.69, 9.17) is 17.2 Å². The lowest BCUT2D eigenvalue weighted by Crippen LogP contribution is -2.57. The van der Waals surface area contributed by atoms with Crippen molar-refractivity contribution in [3.05, 3.63) is 114 Å². The van der Waals surface area contributed by atoms with Gasteiger partial charge >= 0.3 is 0 Å². The molecule has 1 heterocycles. The molecule has 0 saturated heterocycles. The van der Waals surface area contributed by atoms with Crippen molar-refractivity contribution >= 4 is 29.6 Å². The highest BCUT2D eigenvalue weighted by atomic mass is 16.2. The second kappa shape index (κ2) is 19.1. The first-order valence-corrected chi connectivity index (χ1v) is 16.6. The Morgan fingerprint density at radius 3 is 1.94 bits per heavy atom. The number of hydrogen-bond acceptors (Lipinski definition) is 6. The second-order valence-corrected chi connectivity index (χ2v) is 12.0. The first kappa shape index (κ1) is 36.8. The molecule has 0 bridgehead atoms. The maximum Gasteiger partial charge on any atom is 0.243 e. The summed E-state index contributed by atoms with van der Waals surface area (Å²) in [6, 6.07) is 24.2. The van der Waals surface area contributed by atoms with E-state index in [0.717, 1.165) is 22.3 Å². The van der Waals surface area contributed by atoms with Crippen LogP contribution >= 0.6 is 0 Å². The van der Waals surface area contributed by atoms with Crippen LogP contribution in [0.4, 0.5) is 0 Å². The zero-order valence-electron chi connectivity index (χ0n) is 27.9. The second-order valence-electron chi connectivity index (χ2n) is 12.0. The Labute approximate surface area is 291 Å². The van der Waals surface area contributed by atoms with Crippen LogP contribution in [0.2, 0.25) is 0 Å². The van der Waals surface area contributed by atoms with Gasteiger partial charge < -0.3 is 38.1 Å². The minimum absolute atomic E-state index is 0.0845. The minimum Gasteiger partial charge on any atom is -0.370 e. The van der Waals surface area contributed by atoms with Crippen LogP contribution in [0.15, 0.2) is 102 Å². The lowest BCUT2D eigenvalue weighted by molar-refractivity contribution is -0.133. The number of amides is 4. The van der Waals surface area contributed by atoms with Gasteiger partial charge in [-0.15, -0.1) is 0 Å². The zero-order valence-corrected chi connectivity index (χ0v) is 27.9. The molecule has 50 heavy (non-hydrogen) atoms. The lowest BCUT2D eigenvalue weighted by atomic mass is 9.99. The van der Waals surface area contributed by atoms with Crippen molar-refractivity contribution in [1.82, 2.24) is 25.9 Å². The summed E-state index contributed by atoms with van der Waals surface area (Å²) < 4.78 is 0. The molecule has 13 nitrogen and oxygen atoms in total. The maximum absolute atomic E-state index is 13.9. The Morgan fingerprint density at radius 1 is 0.700 bits per heavy atom. The molecule has 0 radical (unpaired) electrons. The van der Waals surface area contributed by atoms with Crippen LogP contribution in [0, 0.1) is 0 Å². The third-order valence-corrected chi connectivity index (χ3v) is 8.08. The fourth-order valence-corrected chi connectivity index (χ4v) is 5.43. The number of carbonyl (C=O) groups is 4. The van der Waals surface area contributed by atoms with E-state index >= 15 is 0 Å². The molecule has 13 heteroatoms. The molecular weight excluding hydrogens is 634 g/mol. The van der Waals surface area contributed by atoms with E-state index in [-0.39, 0.29) is 44.1 Å². The van der Waals surface area contributed by atoms with E-state index < -0.39 is 35.8 Å². The van der Waals surface area contributed by atoms with Crippen LogP contribution in [0.1, 0.15) is 42.5 Å². The van der Waals surface area contributed by atoms with Gasteiger partial charge in [-0.05, 0) is 47.9 Å². The number of hydrogen-bond donors (Lipinski definition) is 7. The van der Waals surface area contributed by atoms with Gasteiger partial charge in [-0.2, -0.15) is 0 Å². The van der Waals surface area contributed by atoms with Crippen molar-refractivity contribution in [1.29, 1.82) is 0 Å². The number of guanidine groups is 1. The Hall–Kier alpha value is -5.98. The molecule has 10 N–H and O–H groups in total. The Kier molecular flexibility index (Phi) is 14.1. The van der Waals surface area contributed by atoms with Crippen molar-refractivity contribution in [2.24, 2.45) is 22.2 Å². The van der Waals surface area contributed by atoms with Crippen LogP contribution in [0.5, 0.6) is 0 Å². The third kappa shape index (κ3) is 12.2. The van der Waals surface area contributed by atoms with Crippen molar-refractivity contribution in [3.8, 4) is 11.1 Å². The minimum atomic E-state index is -1.11. The molecule has 1 aromatic heterocycles. The number of imidazole rings is 1. The molecule has 0 unspecified atom stereocenters. The smallest absolute Gasteiger partial charge is 0.243 e. The summed E-state index contributed by atoms with van der Waals surface area (Å²) in [5.41, 5.74) is 20.9. The average Bonchev–Trinajstić information content (AvgIpc) is 3.63. The Balaban J connectivity index is 1.50. The summed E-state index contributed by atoms with van der Waals surface area (Å²) in [5, 5.41) is 8.36. The number of aromatic nitrogens is 2. The number of benzene rings is 3. The number of nitrogens with zero attached hydrogens (tertiary/aromatic N) is 2. The molecule has 0 saturated carbocycles. The molecule has 0 aliphatic carbocycles. The highest BCUT2D eigenvalue weighted by Crippen LogP contribution is 2.20. The molecule has 4 aromatic rings. The number of carbonyl (C=O) groups excluding carboxylic acids is 4. The highest BCUT2D eigenvalue weighted by molar-refractivity contribution is 5.94. The lowest BCUT2D eigenvalue weighted by Gasteiger charge is -2.25. The summed E-state index contributed by atoms with van der Waals surface area (Å²) in [4.78, 5) is 63.9. The van der Waals surface area contributed by atoms with E-state index in [1.165, 1.54) is 6.33 Å². The normalized spacial score (nSPS) is 12.6. The number of aliphatic imine (C=N–C) groups is 1. The molecule has 4 amide bonds. The van der Waals surface area contributed by atoms with Crippen molar-refractivity contribution in [3.63, 3.8) is 0 Å². The van der Waals surface area contributed by atoms with Crippen LogP contribution in [0.25, 0.3) is 11.1 Å². The quantitative estimate of drug-likeness (QED) is 0.0442. The molecule has 3 aromatic carbocycles. The molecule has 3 atom stereocenters. The Morgan fingerprint density at radius 2 is 1.32 bits per heavy atom. The van der Waals surface area contributed by atoms with Gasteiger partial charge in [0.05, 0.1) is 6.33 Å². The maximum atomic E-state index is 13.9. The van der Waals surface area contributed by atoms with E-state index in [2.05, 4.69) is 30.9 Å². The van der Waals surface area contributed by atoms with Crippen LogP contribution in [0.3, 0.4) is 0 Å². The fourth-order valence-electron chi connectivity index (χ4n) is 5.43. The van der Waals surface area contributed by atoms with Crippen molar-refractivity contribution in [2.75, 3.05) is 6.54 Å². The topological polar surface area (TPSA) is 223 Å². The fraction of sp³-hybridized carbons (Fsp3) is 0.297. The SMILES string of the molecule is NC(=O)[C@H](CCCN=C(N)N)NC(=O)[C@@H](Cc1ccc(-c2ccccc2)cc1)NC(=O)[C@H](Cc1cnc[nH]1)NC(=O)CCCc1ccccc1. The molecular formula is C37H45N9O4. The monoisotopic (exact) mass is 679 g/mol. The van der Waals surface area contributed by atoms with E-state index in [9.17, 15) is 19.2 Å². The molecule has 0 fully saturated rings. The van der Waals surface area contributed by atoms with E-state index in [0.29, 0.717) is 25.0 Å². The highest BCUT2D eigenvalue weighted by Gasteiger charge is 2.30. The van der Waals surface area contributed by atoms with Gasteiger partial charge in [-0.1, -0.05) is 84.9 Å².